The van der Waals surface area contributed by atoms with Crippen molar-refractivity contribution in [3.05, 3.63) is 34.4 Å². The third kappa shape index (κ3) is 3.88. The molecule has 1 atom stereocenters. The minimum absolute atomic E-state index is 0.0582. The van der Waals surface area contributed by atoms with Gasteiger partial charge in [0.15, 0.2) is 0 Å². The van der Waals surface area contributed by atoms with E-state index >= 15 is 0 Å². The van der Waals surface area contributed by atoms with Gasteiger partial charge in [0, 0.05) is 31.8 Å². The Kier molecular flexibility index (Phi) is 4.65. The number of hydrogen-bond acceptors (Lipinski definition) is 5. The van der Waals surface area contributed by atoms with E-state index in [-0.39, 0.29) is 16.7 Å². The fourth-order valence-corrected chi connectivity index (χ4v) is 4.22. The minimum Gasteiger partial charge on any atom is -0.377 e. The maximum Gasteiger partial charge on any atom is 0.269 e. The lowest BCUT2D eigenvalue weighted by Crippen LogP contribution is -2.43. The van der Waals surface area contributed by atoms with E-state index in [1.165, 1.54) is 41.4 Å². The van der Waals surface area contributed by atoms with Crippen molar-refractivity contribution in [3.63, 3.8) is 0 Å². The Morgan fingerprint density at radius 2 is 1.91 bits per heavy atom. The van der Waals surface area contributed by atoms with E-state index in [9.17, 15) is 18.5 Å². The van der Waals surface area contributed by atoms with Crippen molar-refractivity contribution in [1.29, 1.82) is 0 Å². The molecule has 2 aliphatic rings. The van der Waals surface area contributed by atoms with Crippen LogP contribution in [0.1, 0.15) is 25.7 Å². The van der Waals surface area contributed by atoms with Gasteiger partial charge in [-0.05, 0) is 43.7 Å². The SMILES string of the molecule is O=[N+]([O-])c1ccc(S(=O)(=O)N2CCC[C@@H](OCC3CC3)C2)cc1. The van der Waals surface area contributed by atoms with E-state index < -0.39 is 14.9 Å². The second-order valence-corrected chi connectivity index (χ2v) is 8.09. The Labute approximate surface area is 135 Å². The molecule has 126 valence electrons. The van der Waals surface area contributed by atoms with Crippen LogP contribution in [-0.4, -0.2) is 43.4 Å². The van der Waals surface area contributed by atoms with Crippen LogP contribution in [-0.2, 0) is 14.8 Å². The summed E-state index contributed by atoms with van der Waals surface area (Å²) in [4.78, 5) is 10.2. The second kappa shape index (κ2) is 6.54. The van der Waals surface area contributed by atoms with Gasteiger partial charge in [-0.25, -0.2) is 8.42 Å². The van der Waals surface area contributed by atoms with Crippen molar-refractivity contribution >= 4 is 15.7 Å². The first-order chi connectivity index (χ1) is 11.0. The van der Waals surface area contributed by atoms with Crippen LogP contribution < -0.4 is 0 Å². The molecule has 0 radical (unpaired) electrons. The zero-order valence-corrected chi connectivity index (χ0v) is 13.6. The molecule has 8 heteroatoms. The number of benzene rings is 1. The second-order valence-electron chi connectivity index (χ2n) is 6.16. The van der Waals surface area contributed by atoms with Crippen LogP contribution in [0.5, 0.6) is 0 Å². The van der Waals surface area contributed by atoms with Gasteiger partial charge in [-0.2, -0.15) is 4.31 Å². The zero-order valence-electron chi connectivity index (χ0n) is 12.8. The summed E-state index contributed by atoms with van der Waals surface area (Å²) in [6.45, 7) is 1.53. The van der Waals surface area contributed by atoms with Crippen molar-refractivity contribution < 1.29 is 18.1 Å². The Hall–Kier alpha value is -1.51. The third-order valence-corrected chi connectivity index (χ3v) is 6.17. The maximum atomic E-state index is 12.7. The van der Waals surface area contributed by atoms with Crippen molar-refractivity contribution in [3.8, 4) is 0 Å². The molecule has 3 rings (SSSR count). The molecule has 1 aromatic carbocycles. The largest absolute Gasteiger partial charge is 0.377 e. The van der Waals surface area contributed by atoms with Crippen LogP contribution in [0.2, 0.25) is 0 Å². The zero-order chi connectivity index (χ0) is 16.4. The summed E-state index contributed by atoms with van der Waals surface area (Å²) < 4.78 is 32.6. The van der Waals surface area contributed by atoms with Gasteiger partial charge in [-0.3, -0.25) is 10.1 Å². The standard InChI is InChI=1S/C15H20N2O5S/c18-17(19)13-5-7-15(8-6-13)23(20,21)16-9-1-2-14(10-16)22-11-12-3-4-12/h5-8,12,14H,1-4,9-11H2/t14-/m1/s1. The van der Waals surface area contributed by atoms with Crippen LogP contribution in [0.3, 0.4) is 0 Å². The molecule has 2 fully saturated rings. The number of non-ortho nitro benzene ring substituents is 1. The molecular weight excluding hydrogens is 320 g/mol. The van der Waals surface area contributed by atoms with E-state index in [1.807, 2.05) is 0 Å². The molecular formula is C15H20N2O5S. The van der Waals surface area contributed by atoms with Crippen molar-refractivity contribution in [2.45, 2.75) is 36.7 Å². The summed E-state index contributed by atoms with van der Waals surface area (Å²) in [7, 11) is -3.63. The Balaban J connectivity index is 1.68. The lowest BCUT2D eigenvalue weighted by molar-refractivity contribution is -0.384. The maximum absolute atomic E-state index is 12.7. The van der Waals surface area contributed by atoms with Gasteiger partial charge in [-0.15, -0.1) is 0 Å². The van der Waals surface area contributed by atoms with E-state index in [4.69, 9.17) is 4.74 Å². The number of nitro benzene ring substituents is 1. The predicted octanol–water partition coefficient (Wildman–Crippen LogP) is 2.17. The van der Waals surface area contributed by atoms with Crippen molar-refractivity contribution in [1.82, 2.24) is 4.31 Å². The Bertz CT molecular complexity index is 670. The number of nitro groups is 1. The molecule has 1 aliphatic carbocycles. The molecule has 1 aromatic rings. The lowest BCUT2D eigenvalue weighted by Gasteiger charge is -2.31. The Morgan fingerprint density at radius 1 is 1.22 bits per heavy atom. The van der Waals surface area contributed by atoms with Crippen LogP contribution in [0.25, 0.3) is 0 Å². The van der Waals surface area contributed by atoms with Gasteiger partial charge in [-0.1, -0.05) is 0 Å². The van der Waals surface area contributed by atoms with Crippen LogP contribution >= 0.6 is 0 Å². The topological polar surface area (TPSA) is 89.8 Å². The van der Waals surface area contributed by atoms with E-state index in [0.717, 1.165) is 19.4 Å². The minimum atomic E-state index is -3.63. The van der Waals surface area contributed by atoms with E-state index in [0.29, 0.717) is 19.0 Å². The highest BCUT2D eigenvalue weighted by atomic mass is 32.2. The van der Waals surface area contributed by atoms with Gasteiger partial charge in [0.05, 0.1) is 15.9 Å². The first kappa shape index (κ1) is 16.4. The number of rotatable bonds is 6. The smallest absolute Gasteiger partial charge is 0.269 e. The van der Waals surface area contributed by atoms with Crippen LogP contribution in [0.15, 0.2) is 29.2 Å². The predicted molar refractivity (Wildman–Crippen MR) is 83.6 cm³/mol. The highest BCUT2D eigenvalue weighted by Gasteiger charge is 2.32. The number of ether oxygens (including phenoxy) is 1. The summed E-state index contributed by atoms with van der Waals surface area (Å²) in [5.41, 5.74) is -0.117. The van der Waals surface area contributed by atoms with Gasteiger partial charge < -0.3 is 4.74 Å². The Morgan fingerprint density at radius 3 is 2.52 bits per heavy atom. The first-order valence-electron chi connectivity index (χ1n) is 7.83. The van der Waals surface area contributed by atoms with Crippen LogP contribution in [0, 0.1) is 16.0 Å². The molecule has 0 aromatic heterocycles. The molecule has 0 spiro atoms. The highest BCUT2D eigenvalue weighted by molar-refractivity contribution is 7.89. The molecule has 0 amide bonds. The van der Waals surface area contributed by atoms with Gasteiger partial charge in [0.25, 0.3) is 5.69 Å². The normalized spacial score (nSPS) is 22.9. The number of sulfonamides is 1. The van der Waals surface area contributed by atoms with E-state index in [2.05, 4.69) is 0 Å². The summed E-state index contributed by atoms with van der Waals surface area (Å²) in [5.74, 6) is 0.650. The number of hydrogen-bond donors (Lipinski definition) is 0. The number of nitrogens with zero attached hydrogens (tertiary/aromatic N) is 2. The van der Waals surface area contributed by atoms with Gasteiger partial charge >= 0.3 is 0 Å². The fraction of sp³-hybridized carbons (Fsp3) is 0.600. The molecule has 0 N–H and O–H groups in total. The van der Waals surface area contributed by atoms with Crippen molar-refractivity contribution in [2.24, 2.45) is 5.92 Å². The lowest BCUT2D eigenvalue weighted by atomic mass is 10.1. The summed E-state index contributed by atoms with van der Waals surface area (Å²) >= 11 is 0. The molecule has 0 bridgehead atoms. The first-order valence-corrected chi connectivity index (χ1v) is 9.27. The van der Waals surface area contributed by atoms with Gasteiger partial charge in [0.1, 0.15) is 0 Å². The molecule has 1 saturated heterocycles. The number of piperidine rings is 1. The molecule has 23 heavy (non-hydrogen) atoms. The van der Waals surface area contributed by atoms with Gasteiger partial charge in [0.2, 0.25) is 10.0 Å². The summed E-state index contributed by atoms with van der Waals surface area (Å²) in [6.07, 6.45) is 3.99. The van der Waals surface area contributed by atoms with Crippen molar-refractivity contribution in [2.75, 3.05) is 19.7 Å². The molecule has 1 saturated carbocycles. The molecule has 7 nitrogen and oxygen atoms in total. The highest BCUT2D eigenvalue weighted by Crippen LogP contribution is 2.30. The fourth-order valence-electron chi connectivity index (χ4n) is 2.70. The summed E-state index contributed by atoms with van der Waals surface area (Å²) in [6, 6.07) is 5.03. The van der Waals surface area contributed by atoms with Crippen LogP contribution in [0.4, 0.5) is 5.69 Å². The van der Waals surface area contributed by atoms with E-state index in [1.54, 1.807) is 0 Å². The average molecular weight is 340 g/mol. The average Bonchev–Trinajstić information content (AvgIpc) is 3.37. The molecule has 0 unspecified atom stereocenters. The monoisotopic (exact) mass is 340 g/mol. The third-order valence-electron chi connectivity index (χ3n) is 4.29. The molecule has 1 heterocycles. The molecule has 1 aliphatic heterocycles. The summed E-state index contributed by atoms with van der Waals surface area (Å²) in [5, 5.41) is 10.7. The quantitative estimate of drug-likeness (QED) is 0.585.